The molecule has 37 heavy (non-hydrogen) atoms. The number of fused-ring (bicyclic) bond motifs is 2. The highest BCUT2D eigenvalue weighted by molar-refractivity contribution is 5.94. The molecule has 1 aromatic heterocycles. The molecule has 2 aromatic rings. The van der Waals surface area contributed by atoms with Crippen molar-refractivity contribution in [1.82, 2.24) is 14.8 Å². The summed E-state index contributed by atoms with van der Waals surface area (Å²) in [7, 11) is 0. The van der Waals surface area contributed by atoms with Crippen LogP contribution in [0.15, 0.2) is 42.7 Å². The summed E-state index contributed by atoms with van der Waals surface area (Å²) in [5.41, 5.74) is 4.55. The van der Waals surface area contributed by atoms with Crippen molar-refractivity contribution < 1.29 is 32.6 Å². The smallest absolute Gasteiger partial charge is 0.475 e. The van der Waals surface area contributed by atoms with Crippen molar-refractivity contribution in [1.29, 1.82) is 0 Å². The molecule has 2 saturated heterocycles. The van der Waals surface area contributed by atoms with E-state index in [1.807, 2.05) is 13.0 Å². The Kier molecular flexibility index (Phi) is 8.18. The molecule has 0 radical (unpaired) electrons. The molecule has 1 N–H and O–H groups in total. The van der Waals surface area contributed by atoms with E-state index >= 15 is 0 Å². The molecule has 0 saturated carbocycles. The van der Waals surface area contributed by atoms with Gasteiger partial charge in [-0.15, -0.1) is 0 Å². The normalized spacial score (nSPS) is 20.1. The van der Waals surface area contributed by atoms with Crippen LogP contribution in [0.25, 0.3) is 0 Å². The number of pyridine rings is 1. The highest BCUT2D eigenvalue weighted by Gasteiger charge is 2.44. The van der Waals surface area contributed by atoms with Crippen molar-refractivity contribution in [2.24, 2.45) is 0 Å². The van der Waals surface area contributed by atoms with Crippen LogP contribution in [0.1, 0.15) is 52.7 Å². The Hall–Kier alpha value is -2.98. The van der Waals surface area contributed by atoms with E-state index in [0.29, 0.717) is 18.2 Å². The quantitative estimate of drug-likeness (QED) is 0.641. The van der Waals surface area contributed by atoms with E-state index < -0.39 is 12.1 Å². The molecular formula is C27H32F3N3O4. The molecule has 1 spiro atoms. The maximum Gasteiger partial charge on any atom is 0.490 e. The standard InChI is InChI=1S/C25H31N3O2.C2HF3O2/c1-19-14-21(16-26-15-19)24(29)28-17-20-4-2-3-5-23(20)25(18-28)8-10-27(11-9-25)22-6-12-30-13-7-22;3-2(4,5)1(6)7/h2-5,14-16,22H,6-13,17-18H2,1H3;(H,6,7). The summed E-state index contributed by atoms with van der Waals surface area (Å²) in [6.45, 7) is 7.47. The van der Waals surface area contributed by atoms with Gasteiger partial charge in [-0.1, -0.05) is 24.3 Å². The van der Waals surface area contributed by atoms with Crippen LogP contribution in [0.4, 0.5) is 13.2 Å². The Balaban J connectivity index is 0.000000405. The van der Waals surface area contributed by atoms with Gasteiger partial charge in [0, 0.05) is 50.2 Å². The molecule has 1 aromatic carbocycles. The van der Waals surface area contributed by atoms with Crippen molar-refractivity contribution in [3.63, 3.8) is 0 Å². The summed E-state index contributed by atoms with van der Waals surface area (Å²) in [6, 6.07) is 11.4. The topological polar surface area (TPSA) is 83.0 Å². The van der Waals surface area contributed by atoms with Gasteiger partial charge < -0.3 is 19.6 Å². The first kappa shape index (κ1) is 27.1. The Labute approximate surface area is 214 Å². The Bertz CT molecular complexity index is 1110. The molecule has 0 aliphatic carbocycles. The number of halogens is 3. The highest BCUT2D eigenvalue weighted by Crippen LogP contribution is 2.42. The number of hydrogen-bond acceptors (Lipinski definition) is 5. The van der Waals surface area contributed by atoms with Crippen molar-refractivity contribution in [2.45, 2.75) is 56.8 Å². The van der Waals surface area contributed by atoms with Gasteiger partial charge in [-0.3, -0.25) is 9.78 Å². The minimum atomic E-state index is -5.08. The monoisotopic (exact) mass is 519 g/mol. The molecule has 2 fully saturated rings. The van der Waals surface area contributed by atoms with E-state index in [9.17, 15) is 18.0 Å². The van der Waals surface area contributed by atoms with Crippen LogP contribution in [-0.2, 0) is 21.5 Å². The van der Waals surface area contributed by atoms with E-state index in [0.717, 1.165) is 64.1 Å². The first-order chi connectivity index (χ1) is 17.6. The van der Waals surface area contributed by atoms with Crippen molar-refractivity contribution in [3.05, 3.63) is 65.0 Å². The second kappa shape index (κ2) is 11.2. The number of aryl methyl sites for hydroxylation is 1. The maximum absolute atomic E-state index is 13.4. The Morgan fingerprint density at radius 1 is 1.11 bits per heavy atom. The number of aromatic nitrogens is 1. The molecule has 3 aliphatic rings. The van der Waals surface area contributed by atoms with Gasteiger partial charge in [0.15, 0.2) is 0 Å². The largest absolute Gasteiger partial charge is 0.490 e. The number of aliphatic carboxylic acids is 1. The minimum absolute atomic E-state index is 0.0590. The average molecular weight is 520 g/mol. The molecule has 4 heterocycles. The summed E-state index contributed by atoms with van der Waals surface area (Å²) in [6.07, 6.45) is 2.93. The van der Waals surface area contributed by atoms with Gasteiger partial charge in [-0.25, -0.2) is 4.79 Å². The maximum atomic E-state index is 13.4. The molecule has 1 amide bonds. The number of amides is 1. The van der Waals surface area contributed by atoms with Gasteiger partial charge in [0.1, 0.15) is 0 Å². The minimum Gasteiger partial charge on any atom is -0.475 e. The van der Waals surface area contributed by atoms with Crippen LogP contribution >= 0.6 is 0 Å². The lowest BCUT2D eigenvalue weighted by molar-refractivity contribution is -0.192. The Morgan fingerprint density at radius 3 is 2.38 bits per heavy atom. The average Bonchev–Trinajstić information content (AvgIpc) is 2.89. The molecule has 0 unspecified atom stereocenters. The number of likely N-dealkylation sites (tertiary alicyclic amines) is 1. The number of rotatable bonds is 2. The van der Waals surface area contributed by atoms with Gasteiger partial charge >= 0.3 is 12.1 Å². The number of nitrogens with zero attached hydrogens (tertiary/aromatic N) is 3. The van der Waals surface area contributed by atoms with Crippen LogP contribution in [-0.4, -0.2) is 76.8 Å². The number of hydrogen-bond donors (Lipinski definition) is 1. The summed E-state index contributed by atoms with van der Waals surface area (Å²) < 4.78 is 37.3. The van der Waals surface area contributed by atoms with Crippen molar-refractivity contribution in [3.8, 4) is 0 Å². The summed E-state index contributed by atoms with van der Waals surface area (Å²) in [5, 5.41) is 7.12. The molecule has 0 atom stereocenters. The zero-order chi connectivity index (χ0) is 26.6. The third-order valence-electron chi connectivity index (χ3n) is 7.56. The lowest BCUT2D eigenvalue weighted by Gasteiger charge is -2.50. The zero-order valence-corrected chi connectivity index (χ0v) is 20.8. The predicted molar refractivity (Wildman–Crippen MR) is 130 cm³/mol. The van der Waals surface area contributed by atoms with Crippen LogP contribution in [0.3, 0.4) is 0 Å². The van der Waals surface area contributed by atoms with E-state index in [-0.39, 0.29) is 11.3 Å². The first-order valence-corrected chi connectivity index (χ1v) is 12.5. The zero-order valence-electron chi connectivity index (χ0n) is 20.8. The summed E-state index contributed by atoms with van der Waals surface area (Å²) >= 11 is 0. The van der Waals surface area contributed by atoms with Crippen molar-refractivity contribution in [2.75, 3.05) is 32.8 Å². The lowest BCUT2D eigenvalue weighted by atomic mass is 9.68. The molecule has 5 rings (SSSR count). The highest BCUT2D eigenvalue weighted by atomic mass is 19.4. The summed E-state index contributed by atoms with van der Waals surface area (Å²) in [5.74, 6) is -2.65. The lowest BCUT2D eigenvalue weighted by Crippen LogP contribution is -2.55. The third kappa shape index (κ3) is 6.30. The number of piperidine rings is 1. The van der Waals surface area contributed by atoms with E-state index in [2.05, 4.69) is 39.0 Å². The second-order valence-corrected chi connectivity index (χ2v) is 10.0. The fraction of sp³-hybridized carbons (Fsp3) is 0.519. The number of ether oxygens (including phenoxy) is 1. The SMILES string of the molecule is Cc1cncc(C(=O)N2Cc3ccccc3C3(CCN(C4CCOCC4)CC3)C2)c1.O=C(O)C(F)(F)F. The van der Waals surface area contributed by atoms with Gasteiger partial charge in [-0.05, 0) is 68.5 Å². The van der Waals surface area contributed by atoms with Crippen LogP contribution < -0.4 is 0 Å². The molecular weight excluding hydrogens is 487 g/mol. The van der Waals surface area contributed by atoms with Crippen LogP contribution in [0, 0.1) is 6.92 Å². The van der Waals surface area contributed by atoms with Gasteiger partial charge in [-0.2, -0.15) is 13.2 Å². The molecule has 200 valence electrons. The van der Waals surface area contributed by atoms with Gasteiger partial charge in [0.05, 0.1) is 5.56 Å². The molecule has 10 heteroatoms. The van der Waals surface area contributed by atoms with E-state index in [4.69, 9.17) is 14.6 Å². The summed E-state index contributed by atoms with van der Waals surface area (Å²) in [4.78, 5) is 31.2. The molecule has 7 nitrogen and oxygen atoms in total. The first-order valence-electron chi connectivity index (χ1n) is 12.5. The van der Waals surface area contributed by atoms with E-state index in [1.54, 1.807) is 12.4 Å². The number of alkyl halides is 3. The molecule has 0 bridgehead atoms. The number of carbonyl (C=O) groups is 2. The fourth-order valence-electron chi connectivity index (χ4n) is 5.68. The number of carboxylic acid groups (broad SMARTS) is 1. The van der Waals surface area contributed by atoms with Gasteiger partial charge in [0.25, 0.3) is 5.91 Å². The van der Waals surface area contributed by atoms with Gasteiger partial charge in [0.2, 0.25) is 0 Å². The number of carbonyl (C=O) groups excluding carboxylic acids is 1. The second-order valence-electron chi connectivity index (χ2n) is 10.0. The fourth-order valence-corrected chi connectivity index (χ4v) is 5.68. The number of carboxylic acids is 1. The van der Waals surface area contributed by atoms with E-state index in [1.165, 1.54) is 11.1 Å². The molecule has 3 aliphatic heterocycles. The van der Waals surface area contributed by atoms with Crippen LogP contribution in [0.5, 0.6) is 0 Å². The van der Waals surface area contributed by atoms with Crippen molar-refractivity contribution >= 4 is 11.9 Å². The number of benzene rings is 1. The van der Waals surface area contributed by atoms with Crippen LogP contribution in [0.2, 0.25) is 0 Å². The Morgan fingerprint density at radius 2 is 1.76 bits per heavy atom. The third-order valence-corrected chi connectivity index (χ3v) is 7.56. The predicted octanol–water partition coefficient (Wildman–Crippen LogP) is 4.19.